The van der Waals surface area contributed by atoms with Gasteiger partial charge in [0, 0.05) is 30.8 Å². The molecule has 4 rings (SSSR count). The maximum atomic E-state index is 12.7. The summed E-state index contributed by atoms with van der Waals surface area (Å²) < 4.78 is 4.98. The summed E-state index contributed by atoms with van der Waals surface area (Å²) >= 11 is 0. The molecular weight excluding hydrogens is 428 g/mol. The molecule has 0 aliphatic carbocycles. The molecule has 0 spiro atoms. The average Bonchev–Trinajstić information content (AvgIpc) is 2.88. The summed E-state index contributed by atoms with van der Waals surface area (Å²) in [4.78, 5) is 27.2. The molecular formula is C28H28N2O4. The van der Waals surface area contributed by atoms with Crippen LogP contribution in [0.1, 0.15) is 18.4 Å². The second kappa shape index (κ2) is 10.7. The quantitative estimate of drug-likeness (QED) is 0.514. The van der Waals surface area contributed by atoms with E-state index in [1.807, 2.05) is 66.7 Å². The molecule has 3 aromatic rings. The summed E-state index contributed by atoms with van der Waals surface area (Å²) in [6, 6.07) is 25.0. The number of methoxy groups -OCH3 is 1. The third-order valence-electron chi connectivity index (χ3n) is 5.98. The second-order valence-electron chi connectivity index (χ2n) is 8.25. The number of rotatable bonds is 7. The van der Waals surface area contributed by atoms with Crippen LogP contribution in [-0.4, -0.2) is 37.2 Å². The number of hydrogen-bond acceptors (Lipinski definition) is 5. The van der Waals surface area contributed by atoms with Crippen LogP contribution in [0.3, 0.4) is 0 Å². The van der Waals surface area contributed by atoms with Crippen LogP contribution >= 0.6 is 0 Å². The SMILES string of the molecule is COC(=O)C1=C(NC(=O)CCc2ccc(-c3ccc(O)cc3)cc2)CCN(c2ccccc2)C1. The number of anilines is 1. The van der Waals surface area contributed by atoms with Crippen molar-refractivity contribution in [2.45, 2.75) is 19.3 Å². The van der Waals surface area contributed by atoms with Crippen LogP contribution in [0.25, 0.3) is 11.1 Å². The first-order valence-electron chi connectivity index (χ1n) is 11.3. The van der Waals surface area contributed by atoms with Crippen molar-refractivity contribution >= 4 is 17.6 Å². The Morgan fingerprint density at radius 1 is 0.941 bits per heavy atom. The lowest BCUT2D eigenvalue weighted by molar-refractivity contribution is -0.136. The fourth-order valence-electron chi connectivity index (χ4n) is 4.08. The van der Waals surface area contributed by atoms with Crippen molar-refractivity contribution in [3.8, 4) is 16.9 Å². The van der Waals surface area contributed by atoms with Crippen LogP contribution in [0, 0.1) is 0 Å². The second-order valence-corrected chi connectivity index (χ2v) is 8.25. The molecule has 6 heteroatoms. The number of para-hydroxylation sites is 1. The maximum absolute atomic E-state index is 12.7. The number of ether oxygens (including phenoxy) is 1. The molecule has 0 aromatic heterocycles. The van der Waals surface area contributed by atoms with Crippen LogP contribution in [-0.2, 0) is 20.7 Å². The van der Waals surface area contributed by atoms with E-state index in [0.717, 1.165) is 22.4 Å². The minimum atomic E-state index is -0.416. The summed E-state index contributed by atoms with van der Waals surface area (Å²) in [5, 5.41) is 12.4. The molecule has 0 radical (unpaired) electrons. The highest BCUT2D eigenvalue weighted by atomic mass is 16.5. The molecule has 1 amide bonds. The maximum Gasteiger partial charge on any atom is 0.337 e. The normalized spacial score (nSPS) is 13.5. The number of hydrogen-bond donors (Lipinski definition) is 2. The number of aromatic hydroxyl groups is 1. The number of nitrogens with one attached hydrogen (secondary N) is 1. The Morgan fingerprint density at radius 3 is 2.24 bits per heavy atom. The summed E-state index contributed by atoms with van der Waals surface area (Å²) in [7, 11) is 1.36. The lowest BCUT2D eigenvalue weighted by atomic mass is 10.0. The summed E-state index contributed by atoms with van der Waals surface area (Å²) in [5.41, 5.74) is 5.29. The zero-order valence-corrected chi connectivity index (χ0v) is 19.2. The standard InChI is InChI=1S/C28H28N2O4/c1-34-28(33)25-19-30(23-5-3-2-4-6-23)18-17-26(25)29-27(32)16-9-20-7-10-21(11-8-20)22-12-14-24(31)15-13-22/h2-8,10-15,31H,9,16-19H2,1H3,(H,29,32). The van der Waals surface area contributed by atoms with Crippen molar-refractivity contribution in [2.75, 3.05) is 25.1 Å². The van der Waals surface area contributed by atoms with Gasteiger partial charge in [0.25, 0.3) is 0 Å². The highest BCUT2D eigenvalue weighted by molar-refractivity contribution is 5.92. The molecule has 2 N–H and O–H groups in total. The fourth-order valence-corrected chi connectivity index (χ4v) is 4.08. The first kappa shape index (κ1) is 23.1. The molecule has 0 saturated carbocycles. The summed E-state index contributed by atoms with van der Waals surface area (Å²) in [6.07, 6.45) is 1.48. The third kappa shape index (κ3) is 5.64. The van der Waals surface area contributed by atoms with Crippen LogP contribution in [0.4, 0.5) is 5.69 Å². The van der Waals surface area contributed by atoms with Gasteiger partial charge in [0.1, 0.15) is 5.75 Å². The Hall–Kier alpha value is -4.06. The minimum absolute atomic E-state index is 0.118. The van der Waals surface area contributed by atoms with Crippen LogP contribution < -0.4 is 10.2 Å². The molecule has 0 saturated heterocycles. The summed E-state index contributed by atoms with van der Waals surface area (Å²) in [5.74, 6) is -0.296. The van der Waals surface area contributed by atoms with Gasteiger partial charge in [-0.1, -0.05) is 54.6 Å². The van der Waals surface area contributed by atoms with Gasteiger partial charge in [-0.05, 0) is 47.4 Å². The molecule has 1 aliphatic heterocycles. The van der Waals surface area contributed by atoms with E-state index in [0.29, 0.717) is 43.6 Å². The molecule has 0 bridgehead atoms. The Morgan fingerprint density at radius 2 is 1.59 bits per heavy atom. The van der Waals surface area contributed by atoms with E-state index in [2.05, 4.69) is 10.2 Å². The number of benzene rings is 3. The smallest absolute Gasteiger partial charge is 0.337 e. The van der Waals surface area contributed by atoms with Gasteiger partial charge >= 0.3 is 5.97 Å². The van der Waals surface area contributed by atoms with Gasteiger partial charge in [0.05, 0.1) is 19.2 Å². The molecule has 1 heterocycles. The Balaban J connectivity index is 1.37. The van der Waals surface area contributed by atoms with E-state index < -0.39 is 5.97 Å². The minimum Gasteiger partial charge on any atom is -0.508 e. The predicted octanol–water partition coefficient (Wildman–Crippen LogP) is 4.45. The number of carbonyl (C=O) groups is 2. The highest BCUT2D eigenvalue weighted by Crippen LogP contribution is 2.24. The number of phenols is 1. The van der Waals surface area contributed by atoms with E-state index >= 15 is 0 Å². The predicted molar refractivity (Wildman–Crippen MR) is 132 cm³/mol. The summed E-state index contributed by atoms with van der Waals surface area (Å²) in [6.45, 7) is 1.10. The monoisotopic (exact) mass is 456 g/mol. The van der Waals surface area contributed by atoms with E-state index in [9.17, 15) is 14.7 Å². The number of amides is 1. The topological polar surface area (TPSA) is 78.9 Å². The number of esters is 1. The highest BCUT2D eigenvalue weighted by Gasteiger charge is 2.25. The van der Waals surface area contributed by atoms with Gasteiger partial charge in [-0.3, -0.25) is 4.79 Å². The van der Waals surface area contributed by atoms with Gasteiger partial charge in [0.2, 0.25) is 5.91 Å². The van der Waals surface area contributed by atoms with Gasteiger partial charge in [0.15, 0.2) is 0 Å². The lowest BCUT2D eigenvalue weighted by Gasteiger charge is -2.31. The molecule has 6 nitrogen and oxygen atoms in total. The molecule has 3 aromatic carbocycles. The molecule has 34 heavy (non-hydrogen) atoms. The number of aryl methyl sites for hydroxylation is 1. The van der Waals surface area contributed by atoms with Gasteiger partial charge in [-0.25, -0.2) is 4.79 Å². The molecule has 0 fully saturated rings. The zero-order chi connectivity index (χ0) is 23.9. The lowest BCUT2D eigenvalue weighted by Crippen LogP contribution is -2.39. The first-order valence-corrected chi connectivity index (χ1v) is 11.3. The van der Waals surface area contributed by atoms with E-state index in [1.54, 1.807) is 12.1 Å². The molecule has 174 valence electrons. The molecule has 1 aliphatic rings. The number of phenolic OH excluding ortho intramolecular Hbond substituents is 1. The van der Waals surface area contributed by atoms with Crippen molar-refractivity contribution in [3.63, 3.8) is 0 Å². The van der Waals surface area contributed by atoms with E-state index in [-0.39, 0.29) is 11.7 Å². The van der Waals surface area contributed by atoms with Crippen LogP contribution in [0.5, 0.6) is 5.75 Å². The number of nitrogens with zero attached hydrogens (tertiary/aromatic N) is 1. The number of carbonyl (C=O) groups excluding carboxylic acids is 2. The fraction of sp³-hybridized carbons (Fsp3) is 0.214. The average molecular weight is 457 g/mol. The Labute approximate surface area is 199 Å². The van der Waals surface area contributed by atoms with Crippen LogP contribution in [0.15, 0.2) is 90.1 Å². The van der Waals surface area contributed by atoms with Crippen molar-refractivity contribution in [1.82, 2.24) is 5.32 Å². The van der Waals surface area contributed by atoms with Gasteiger partial charge < -0.3 is 20.1 Å². The Bertz CT molecular complexity index is 1170. The van der Waals surface area contributed by atoms with E-state index in [4.69, 9.17) is 4.74 Å². The van der Waals surface area contributed by atoms with Crippen molar-refractivity contribution in [1.29, 1.82) is 0 Å². The van der Waals surface area contributed by atoms with Crippen LogP contribution in [0.2, 0.25) is 0 Å². The largest absolute Gasteiger partial charge is 0.508 e. The molecule has 0 atom stereocenters. The molecule has 0 unspecified atom stereocenters. The van der Waals surface area contributed by atoms with Gasteiger partial charge in [-0.2, -0.15) is 0 Å². The zero-order valence-electron chi connectivity index (χ0n) is 19.2. The van der Waals surface area contributed by atoms with Crippen molar-refractivity contribution in [2.24, 2.45) is 0 Å². The van der Waals surface area contributed by atoms with Crippen molar-refractivity contribution < 1.29 is 19.4 Å². The van der Waals surface area contributed by atoms with E-state index in [1.165, 1.54) is 7.11 Å². The Kier molecular flexibility index (Phi) is 7.28. The first-order chi connectivity index (χ1) is 16.5. The van der Waals surface area contributed by atoms with Gasteiger partial charge in [-0.15, -0.1) is 0 Å². The van der Waals surface area contributed by atoms with Crippen molar-refractivity contribution in [3.05, 3.63) is 95.7 Å². The third-order valence-corrected chi connectivity index (χ3v) is 5.98.